The van der Waals surface area contributed by atoms with Crippen molar-refractivity contribution in [2.24, 2.45) is 0 Å². The van der Waals surface area contributed by atoms with Crippen LogP contribution in [0.1, 0.15) is 27.0 Å². The summed E-state index contributed by atoms with van der Waals surface area (Å²) in [7, 11) is 4.67. The van der Waals surface area contributed by atoms with Crippen molar-refractivity contribution < 1.29 is 19.0 Å². The minimum atomic E-state index is -0.0481. The quantitative estimate of drug-likeness (QED) is 0.589. The molecule has 4 nitrogen and oxygen atoms in total. The minimum absolute atomic E-state index is 0.0481. The second-order valence-corrected chi connectivity index (χ2v) is 5.44. The van der Waals surface area contributed by atoms with E-state index in [1.165, 1.54) is 0 Å². The zero-order valence-corrected chi connectivity index (χ0v) is 14.7. The molecule has 4 heteroatoms. The van der Waals surface area contributed by atoms with Gasteiger partial charge in [-0.1, -0.05) is 17.7 Å². The van der Waals surface area contributed by atoms with Crippen LogP contribution in [0.2, 0.25) is 0 Å². The van der Waals surface area contributed by atoms with Gasteiger partial charge in [-0.2, -0.15) is 0 Å². The van der Waals surface area contributed by atoms with Crippen molar-refractivity contribution >= 4 is 11.9 Å². The highest BCUT2D eigenvalue weighted by Gasteiger charge is 2.14. The highest BCUT2D eigenvalue weighted by molar-refractivity contribution is 6.08. The predicted octanol–water partition coefficient (Wildman–Crippen LogP) is 4.23. The summed E-state index contributed by atoms with van der Waals surface area (Å²) in [5, 5.41) is 0. The monoisotopic (exact) mass is 326 g/mol. The molecule has 0 spiro atoms. The summed E-state index contributed by atoms with van der Waals surface area (Å²) >= 11 is 0. The average molecular weight is 326 g/mol. The zero-order chi connectivity index (χ0) is 17.7. The SMILES string of the molecule is COc1ccc(C=CC(=O)c2cc(C)ccc2C)c(OC)c1OC. The smallest absolute Gasteiger partial charge is 0.203 e. The lowest BCUT2D eigenvalue weighted by Gasteiger charge is -2.14. The molecule has 0 bridgehead atoms. The Hall–Kier alpha value is -2.75. The van der Waals surface area contributed by atoms with E-state index in [0.29, 0.717) is 22.8 Å². The third-order valence-corrected chi connectivity index (χ3v) is 3.81. The molecule has 0 aromatic heterocycles. The van der Waals surface area contributed by atoms with Crippen molar-refractivity contribution in [2.75, 3.05) is 21.3 Å². The molecule has 0 aliphatic heterocycles. The van der Waals surface area contributed by atoms with E-state index < -0.39 is 0 Å². The van der Waals surface area contributed by atoms with E-state index in [1.54, 1.807) is 39.5 Å². The number of rotatable bonds is 6. The van der Waals surface area contributed by atoms with Crippen molar-refractivity contribution in [3.8, 4) is 17.2 Å². The van der Waals surface area contributed by atoms with Crippen molar-refractivity contribution in [1.82, 2.24) is 0 Å². The van der Waals surface area contributed by atoms with Gasteiger partial charge in [-0.25, -0.2) is 0 Å². The van der Waals surface area contributed by atoms with Gasteiger partial charge in [0.25, 0.3) is 0 Å². The molecule has 0 N–H and O–H groups in total. The molecule has 0 atom stereocenters. The van der Waals surface area contributed by atoms with Crippen molar-refractivity contribution in [3.05, 3.63) is 58.7 Å². The fraction of sp³-hybridized carbons (Fsp3) is 0.250. The number of allylic oxidation sites excluding steroid dienone is 1. The van der Waals surface area contributed by atoms with Gasteiger partial charge in [-0.15, -0.1) is 0 Å². The summed E-state index contributed by atoms with van der Waals surface area (Å²) in [6, 6.07) is 9.45. The third-order valence-electron chi connectivity index (χ3n) is 3.81. The number of carbonyl (C=O) groups excluding carboxylic acids is 1. The fourth-order valence-corrected chi connectivity index (χ4v) is 2.51. The van der Waals surface area contributed by atoms with Gasteiger partial charge in [0.15, 0.2) is 17.3 Å². The molecular weight excluding hydrogens is 304 g/mol. The molecule has 0 unspecified atom stereocenters. The Kier molecular flexibility index (Phi) is 5.64. The number of methoxy groups -OCH3 is 3. The van der Waals surface area contributed by atoms with E-state index in [9.17, 15) is 4.79 Å². The molecule has 0 aliphatic carbocycles. The molecule has 24 heavy (non-hydrogen) atoms. The normalized spacial score (nSPS) is 10.7. The first-order valence-corrected chi connectivity index (χ1v) is 7.60. The second kappa shape index (κ2) is 7.68. The molecule has 0 saturated carbocycles. The molecule has 0 heterocycles. The summed E-state index contributed by atoms with van der Waals surface area (Å²) in [6.07, 6.45) is 3.27. The molecule has 2 rings (SSSR count). The number of hydrogen-bond donors (Lipinski definition) is 0. The number of carbonyl (C=O) groups is 1. The van der Waals surface area contributed by atoms with Gasteiger partial charge in [0.1, 0.15) is 0 Å². The van der Waals surface area contributed by atoms with Crippen LogP contribution < -0.4 is 14.2 Å². The Bertz CT molecular complexity index is 775. The van der Waals surface area contributed by atoms with Gasteiger partial charge < -0.3 is 14.2 Å². The molecule has 0 radical (unpaired) electrons. The molecule has 0 fully saturated rings. The lowest BCUT2D eigenvalue weighted by molar-refractivity contribution is 0.104. The maximum Gasteiger partial charge on any atom is 0.203 e. The summed E-state index contributed by atoms with van der Waals surface area (Å²) in [5.74, 6) is 1.56. The van der Waals surface area contributed by atoms with Crippen LogP contribution in [0, 0.1) is 13.8 Å². The van der Waals surface area contributed by atoms with Crippen molar-refractivity contribution in [2.45, 2.75) is 13.8 Å². The summed E-state index contributed by atoms with van der Waals surface area (Å²) in [5.41, 5.74) is 3.45. The molecule has 0 saturated heterocycles. The first-order valence-electron chi connectivity index (χ1n) is 7.60. The molecule has 2 aromatic carbocycles. The lowest BCUT2D eigenvalue weighted by Crippen LogP contribution is -1.99. The Morgan fingerprint density at radius 2 is 1.62 bits per heavy atom. The van der Waals surface area contributed by atoms with Crippen LogP contribution in [0.4, 0.5) is 0 Å². The molecular formula is C20H22O4. The topological polar surface area (TPSA) is 44.8 Å². The number of ether oxygens (including phenoxy) is 3. The first-order chi connectivity index (χ1) is 11.5. The Morgan fingerprint density at radius 3 is 2.25 bits per heavy atom. The number of benzene rings is 2. The van der Waals surface area contributed by atoms with E-state index in [2.05, 4.69) is 0 Å². The van der Waals surface area contributed by atoms with E-state index in [4.69, 9.17) is 14.2 Å². The molecule has 0 aliphatic rings. The Morgan fingerprint density at radius 1 is 0.917 bits per heavy atom. The molecule has 0 amide bonds. The largest absolute Gasteiger partial charge is 0.493 e. The summed E-state index contributed by atoms with van der Waals surface area (Å²) in [6.45, 7) is 3.90. The van der Waals surface area contributed by atoms with Gasteiger partial charge in [0, 0.05) is 11.1 Å². The maximum absolute atomic E-state index is 12.5. The van der Waals surface area contributed by atoms with Crippen LogP contribution in [-0.2, 0) is 0 Å². The fourth-order valence-electron chi connectivity index (χ4n) is 2.51. The van der Waals surface area contributed by atoms with Gasteiger partial charge >= 0.3 is 0 Å². The Balaban J connectivity index is 2.38. The van der Waals surface area contributed by atoms with Crippen LogP contribution in [0.25, 0.3) is 6.08 Å². The van der Waals surface area contributed by atoms with Gasteiger partial charge in [-0.3, -0.25) is 4.79 Å². The first kappa shape index (κ1) is 17.6. The highest BCUT2D eigenvalue weighted by Crippen LogP contribution is 2.40. The Labute approximate surface area is 142 Å². The summed E-state index contributed by atoms with van der Waals surface area (Å²) in [4.78, 5) is 12.5. The van der Waals surface area contributed by atoms with Gasteiger partial charge in [-0.05, 0) is 49.8 Å². The van der Waals surface area contributed by atoms with Crippen LogP contribution in [0.5, 0.6) is 17.2 Å². The molecule has 2 aromatic rings. The van der Waals surface area contributed by atoms with E-state index in [0.717, 1.165) is 16.7 Å². The van der Waals surface area contributed by atoms with Crippen LogP contribution >= 0.6 is 0 Å². The minimum Gasteiger partial charge on any atom is -0.493 e. The second-order valence-electron chi connectivity index (χ2n) is 5.44. The number of hydrogen-bond acceptors (Lipinski definition) is 4. The van der Waals surface area contributed by atoms with Crippen LogP contribution in [0.15, 0.2) is 36.4 Å². The zero-order valence-electron chi connectivity index (χ0n) is 14.7. The standard InChI is InChI=1S/C20H22O4/c1-13-6-7-14(2)16(12-13)17(21)10-8-15-9-11-18(22-3)20(24-5)19(15)23-4/h6-12H,1-5H3. The molecule has 126 valence electrons. The van der Waals surface area contributed by atoms with Crippen molar-refractivity contribution in [1.29, 1.82) is 0 Å². The van der Waals surface area contributed by atoms with Gasteiger partial charge in [0.05, 0.1) is 21.3 Å². The van der Waals surface area contributed by atoms with Crippen LogP contribution in [0.3, 0.4) is 0 Å². The number of ketones is 1. The average Bonchev–Trinajstić information content (AvgIpc) is 2.60. The third kappa shape index (κ3) is 3.59. The lowest BCUT2D eigenvalue weighted by atomic mass is 10.0. The van der Waals surface area contributed by atoms with Gasteiger partial charge in [0.2, 0.25) is 5.75 Å². The van der Waals surface area contributed by atoms with Crippen molar-refractivity contribution in [3.63, 3.8) is 0 Å². The highest BCUT2D eigenvalue weighted by atomic mass is 16.5. The van der Waals surface area contributed by atoms with Crippen LogP contribution in [-0.4, -0.2) is 27.1 Å². The summed E-state index contributed by atoms with van der Waals surface area (Å²) < 4.78 is 16.0. The van der Waals surface area contributed by atoms with E-state index in [1.807, 2.05) is 38.1 Å². The number of aryl methyl sites for hydroxylation is 2. The maximum atomic E-state index is 12.5. The van der Waals surface area contributed by atoms with E-state index >= 15 is 0 Å². The van der Waals surface area contributed by atoms with E-state index in [-0.39, 0.29) is 5.78 Å². The predicted molar refractivity (Wildman–Crippen MR) is 95.4 cm³/mol.